The van der Waals surface area contributed by atoms with Gasteiger partial charge in [-0.1, -0.05) is 11.7 Å². The lowest BCUT2D eigenvalue weighted by Crippen LogP contribution is -2.46. The molecular weight excluding hydrogens is 532 g/mol. The highest BCUT2D eigenvalue weighted by molar-refractivity contribution is 7.66. The van der Waals surface area contributed by atoms with Gasteiger partial charge in [0.1, 0.15) is 23.4 Å². The van der Waals surface area contributed by atoms with E-state index in [-0.39, 0.29) is 11.7 Å². The topological polar surface area (TPSA) is 280 Å². The third-order valence-electron chi connectivity index (χ3n) is 4.29. The molecular formula is C12H20FN6O12P3. The Hall–Kier alpha value is -1.68. The fourth-order valence-electron chi connectivity index (χ4n) is 2.93. The van der Waals surface area contributed by atoms with Crippen LogP contribution in [-0.4, -0.2) is 72.7 Å². The Morgan fingerprint density at radius 3 is 2.53 bits per heavy atom. The van der Waals surface area contributed by atoms with Gasteiger partial charge in [-0.3, -0.25) is 4.52 Å². The van der Waals surface area contributed by atoms with Crippen LogP contribution in [0.25, 0.3) is 10.4 Å². The predicted molar refractivity (Wildman–Crippen MR) is 109 cm³/mol. The van der Waals surface area contributed by atoms with Crippen molar-refractivity contribution in [3.05, 3.63) is 35.1 Å². The Labute approximate surface area is 190 Å². The Balaban J connectivity index is 2.25. The lowest BCUT2D eigenvalue weighted by Gasteiger charge is -2.33. The van der Waals surface area contributed by atoms with E-state index >= 15 is 4.39 Å². The van der Waals surface area contributed by atoms with Gasteiger partial charge >= 0.3 is 23.5 Å². The van der Waals surface area contributed by atoms with Gasteiger partial charge in [0.15, 0.2) is 12.4 Å². The van der Waals surface area contributed by atoms with Crippen molar-refractivity contribution in [3.8, 4) is 0 Å². The van der Waals surface area contributed by atoms with Gasteiger partial charge in [-0.05, 0) is 18.0 Å². The van der Waals surface area contributed by atoms with Gasteiger partial charge in [0.25, 0.3) is 0 Å². The van der Waals surface area contributed by atoms with Crippen LogP contribution in [0.2, 0.25) is 0 Å². The molecule has 0 radical (unpaired) electrons. The summed E-state index contributed by atoms with van der Waals surface area (Å²) in [5, 5.41) is 13.7. The number of phosphoric ester groups is 1. The molecule has 18 nitrogen and oxygen atoms in total. The van der Waals surface area contributed by atoms with Crippen molar-refractivity contribution in [2.24, 2.45) is 15.8 Å². The second-order valence-corrected chi connectivity index (χ2v) is 11.1. The summed E-state index contributed by atoms with van der Waals surface area (Å²) < 4.78 is 66.6. The fraction of sp³-hybridized carbons (Fsp3) is 0.583. The first-order valence-electron chi connectivity index (χ1n) is 8.80. The summed E-state index contributed by atoms with van der Waals surface area (Å²) >= 11 is 0. The number of hydrogen-bond acceptors (Lipinski definition) is 12. The number of nitrogens with two attached hydrogens (primary N) is 1. The minimum atomic E-state index is -5.82. The third kappa shape index (κ3) is 7.41. The summed E-state index contributed by atoms with van der Waals surface area (Å²) in [7, 11) is -17.1. The van der Waals surface area contributed by atoms with Crippen LogP contribution in [-0.2, 0) is 31.6 Å². The number of azide groups is 1. The smallest absolute Gasteiger partial charge is 0.387 e. The molecule has 2 aliphatic rings. The summed E-state index contributed by atoms with van der Waals surface area (Å²) in [5.74, 6) is -0.0453. The molecule has 7 N–H and O–H groups in total. The highest BCUT2D eigenvalue weighted by Crippen LogP contribution is 2.66. The molecule has 0 aliphatic carbocycles. The van der Waals surface area contributed by atoms with Crippen LogP contribution in [0.3, 0.4) is 0 Å². The van der Waals surface area contributed by atoms with Gasteiger partial charge in [0.2, 0.25) is 0 Å². The highest BCUT2D eigenvalue weighted by atomic mass is 31.3. The summed E-state index contributed by atoms with van der Waals surface area (Å²) in [6, 6.07) is 0. The zero-order chi connectivity index (χ0) is 25.9. The van der Waals surface area contributed by atoms with Gasteiger partial charge in [0, 0.05) is 17.7 Å². The minimum Gasteiger partial charge on any atom is -0.387 e. The van der Waals surface area contributed by atoms with Crippen LogP contribution in [0.15, 0.2) is 34.8 Å². The Kier molecular flexibility index (Phi) is 8.83. The number of aliphatic hydroxyl groups is 1. The summed E-state index contributed by atoms with van der Waals surface area (Å²) in [6.07, 6.45) is -3.90. The standard InChI is InChI=1S/C12H20FN6O12P3/c1-7-17-8(14)2-5-19(7)11-9(13)10(20)12(29-11,3-4-16-18-15)6-28-33(24,25)31-34(26,27)30-32(21,22)23/h2,5,9-11,20H,1,3-4,6H2,(H2,14,17)(H,24,25)(H,26,27)(H2,21,22,23)/t9-,10+,11-,12-/m1/s1. The number of aliphatic imine (C=N–C) groups is 1. The average molecular weight is 552 g/mol. The van der Waals surface area contributed by atoms with E-state index in [0.29, 0.717) is 0 Å². The summed E-state index contributed by atoms with van der Waals surface area (Å²) in [6.45, 7) is 1.96. The first kappa shape index (κ1) is 28.6. The molecule has 0 aromatic carbocycles. The van der Waals surface area contributed by atoms with Crippen LogP contribution in [0.1, 0.15) is 6.42 Å². The predicted octanol–water partition coefficient (Wildman–Crippen LogP) is 0.482. The molecule has 2 rings (SSSR count). The molecule has 0 spiro atoms. The number of halogens is 1. The van der Waals surface area contributed by atoms with Crippen molar-refractivity contribution < 1.29 is 60.6 Å². The molecule has 2 unspecified atom stereocenters. The monoisotopic (exact) mass is 552 g/mol. The Bertz CT molecular complexity index is 1060. The van der Waals surface area contributed by atoms with E-state index in [1.54, 1.807) is 0 Å². The summed E-state index contributed by atoms with van der Waals surface area (Å²) in [4.78, 5) is 43.4. The van der Waals surface area contributed by atoms with E-state index in [9.17, 15) is 28.6 Å². The number of rotatable bonds is 11. The molecule has 0 saturated carbocycles. The normalized spacial score (nSPS) is 30.9. The SMILES string of the molecule is C=C1N=C(N)C=CN1[C@@H]1O[C@](CCN=[N+]=[N-])(COP(=O)(O)OP(=O)(O)OP(=O)(O)O)[C@@H](O)[C@H]1F. The Morgan fingerprint density at radius 1 is 1.32 bits per heavy atom. The zero-order valence-electron chi connectivity index (χ0n) is 16.8. The van der Waals surface area contributed by atoms with Gasteiger partial charge in [0.05, 0.1) is 6.61 Å². The molecule has 0 amide bonds. The van der Waals surface area contributed by atoms with Gasteiger partial charge < -0.3 is 40.1 Å². The number of hydrogen-bond donors (Lipinski definition) is 6. The number of alkyl halides is 1. The largest absolute Gasteiger partial charge is 0.490 e. The first-order chi connectivity index (χ1) is 15.5. The second-order valence-electron chi connectivity index (χ2n) is 6.71. The van der Waals surface area contributed by atoms with Crippen LogP contribution < -0.4 is 5.73 Å². The molecule has 1 fully saturated rings. The number of nitrogens with zero attached hydrogens (tertiary/aromatic N) is 5. The molecule has 22 heteroatoms. The maximum absolute atomic E-state index is 15.0. The van der Waals surface area contributed by atoms with E-state index in [2.05, 4.69) is 34.7 Å². The number of amidine groups is 1. The maximum atomic E-state index is 15.0. The van der Waals surface area contributed by atoms with E-state index in [1.165, 1.54) is 12.3 Å². The van der Waals surface area contributed by atoms with Crippen molar-refractivity contribution in [2.75, 3.05) is 13.2 Å². The minimum absolute atomic E-state index is 0.0393. The number of ether oxygens (including phenoxy) is 1. The highest BCUT2D eigenvalue weighted by Gasteiger charge is 2.58. The van der Waals surface area contributed by atoms with Crippen LogP contribution >= 0.6 is 23.5 Å². The van der Waals surface area contributed by atoms with Gasteiger partial charge in [-0.15, -0.1) is 0 Å². The summed E-state index contributed by atoms with van der Waals surface area (Å²) in [5.41, 5.74) is 11.8. The van der Waals surface area contributed by atoms with Crippen molar-refractivity contribution in [3.63, 3.8) is 0 Å². The maximum Gasteiger partial charge on any atom is 0.490 e. The van der Waals surface area contributed by atoms with E-state index in [0.717, 1.165) is 4.90 Å². The molecule has 6 atom stereocenters. The van der Waals surface area contributed by atoms with Gasteiger partial charge in [-0.25, -0.2) is 23.1 Å². The van der Waals surface area contributed by atoms with E-state index in [4.69, 9.17) is 25.8 Å². The van der Waals surface area contributed by atoms with Crippen molar-refractivity contribution in [1.82, 2.24) is 4.90 Å². The molecule has 0 bridgehead atoms. The van der Waals surface area contributed by atoms with Crippen LogP contribution in [0.4, 0.5) is 4.39 Å². The zero-order valence-corrected chi connectivity index (χ0v) is 19.5. The quantitative estimate of drug-likeness (QED) is 0.0880. The lowest BCUT2D eigenvalue weighted by molar-refractivity contribution is -0.134. The molecule has 34 heavy (non-hydrogen) atoms. The first-order valence-corrected chi connectivity index (χ1v) is 13.3. The Morgan fingerprint density at radius 2 is 1.97 bits per heavy atom. The molecule has 192 valence electrons. The van der Waals surface area contributed by atoms with Crippen molar-refractivity contribution >= 4 is 29.3 Å². The number of phosphoric acid groups is 3. The molecule has 1 saturated heterocycles. The lowest BCUT2D eigenvalue weighted by atomic mass is 9.93. The average Bonchev–Trinajstić information content (AvgIpc) is 2.90. The second kappa shape index (κ2) is 10.5. The molecule has 0 aromatic heterocycles. The van der Waals surface area contributed by atoms with Gasteiger partial charge in [-0.2, -0.15) is 8.62 Å². The van der Waals surface area contributed by atoms with E-state index < -0.39 is 67.1 Å². The molecule has 2 aliphatic heterocycles. The third-order valence-corrected chi connectivity index (χ3v) is 8.07. The molecule has 0 aromatic rings. The number of aliphatic hydroxyl groups excluding tert-OH is 1. The van der Waals surface area contributed by atoms with Crippen LogP contribution in [0.5, 0.6) is 0 Å². The fourth-order valence-corrected chi connectivity index (χ4v) is 6.00. The van der Waals surface area contributed by atoms with Crippen LogP contribution in [0, 0.1) is 0 Å². The van der Waals surface area contributed by atoms with Crippen molar-refractivity contribution in [2.45, 2.75) is 30.5 Å². The van der Waals surface area contributed by atoms with Crippen molar-refractivity contribution in [1.29, 1.82) is 0 Å². The molecule has 2 heterocycles. The van der Waals surface area contributed by atoms with E-state index in [1.807, 2.05) is 0 Å².